The largest absolute Gasteiger partial charge is 0.416 e. The third-order valence-electron chi connectivity index (χ3n) is 2.96. The van der Waals surface area contributed by atoms with E-state index in [2.05, 4.69) is 19.2 Å². The Kier molecular flexibility index (Phi) is 5.68. The fourth-order valence-electron chi connectivity index (χ4n) is 1.75. The lowest BCUT2D eigenvalue weighted by Gasteiger charge is -2.24. The monoisotopic (exact) mass is 293 g/mol. The molecule has 0 heterocycles. The van der Waals surface area contributed by atoms with Crippen LogP contribution < -0.4 is 5.32 Å². The Hall–Kier alpha value is -0.740. The molecule has 0 saturated heterocycles. The van der Waals surface area contributed by atoms with Crippen molar-refractivity contribution in [3.05, 3.63) is 35.4 Å². The van der Waals surface area contributed by atoms with Crippen LogP contribution in [0.25, 0.3) is 0 Å². The van der Waals surface area contributed by atoms with E-state index in [-0.39, 0.29) is 5.41 Å². The topological polar surface area (TPSA) is 12.0 Å². The summed E-state index contributed by atoms with van der Waals surface area (Å²) in [5, 5.41) is 3.18. The van der Waals surface area contributed by atoms with Gasteiger partial charge in [-0.15, -0.1) is 11.6 Å². The molecule has 0 spiro atoms. The predicted octanol–water partition coefficient (Wildman–Crippen LogP) is 4.45. The van der Waals surface area contributed by atoms with Gasteiger partial charge in [-0.05, 0) is 23.5 Å². The number of nitrogens with one attached hydrogen (secondary N) is 1. The Morgan fingerprint density at radius 2 is 1.89 bits per heavy atom. The molecule has 108 valence electrons. The third-order valence-corrected chi connectivity index (χ3v) is 3.15. The first-order chi connectivity index (χ1) is 8.74. The summed E-state index contributed by atoms with van der Waals surface area (Å²) in [6, 6.07) is 5.39. The van der Waals surface area contributed by atoms with Crippen molar-refractivity contribution in [1.29, 1.82) is 0 Å². The highest BCUT2D eigenvalue weighted by molar-refractivity contribution is 6.17. The summed E-state index contributed by atoms with van der Waals surface area (Å²) in [6.07, 6.45) is -3.42. The van der Waals surface area contributed by atoms with Gasteiger partial charge in [-0.25, -0.2) is 0 Å². The summed E-state index contributed by atoms with van der Waals surface area (Å²) in [4.78, 5) is 0. The normalized spacial score (nSPS) is 12.7. The smallest absolute Gasteiger partial charge is 0.312 e. The molecular weight excluding hydrogens is 275 g/mol. The minimum Gasteiger partial charge on any atom is -0.312 e. The second-order valence-electron chi connectivity index (χ2n) is 5.40. The van der Waals surface area contributed by atoms with Crippen molar-refractivity contribution in [3.8, 4) is 0 Å². The van der Waals surface area contributed by atoms with Gasteiger partial charge in [-0.1, -0.05) is 32.0 Å². The fraction of sp³-hybridized carbons (Fsp3) is 0.571. The van der Waals surface area contributed by atoms with Crippen LogP contribution in [0, 0.1) is 5.41 Å². The van der Waals surface area contributed by atoms with Gasteiger partial charge in [0.05, 0.1) is 5.56 Å². The van der Waals surface area contributed by atoms with Crippen molar-refractivity contribution in [1.82, 2.24) is 5.32 Å². The highest BCUT2D eigenvalue weighted by Gasteiger charge is 2.30. The van der Waals surface area contributed by atoms with E-state index in [0.29, 0.717) is 18.0 Å². The minimum atomic E-state index is -4.28. The maximum absolute atomic E-state index is 12.5. The molecule has 0 radical (unpaired) electrons. The van der Waals surface area contributed by atoms with Crippen LogP contribution in [0.15, 0.2) is 24.3 Å². The number of benzene rings is 1. The molecule has 1 aromatic carbocycles. The first kappa shape index (κ1) is 16.3. The van der Waals surface area contributed by atoms with Gasteiger partial charge in [0.15, 0.2) is 0 Å². The van der Waals surface area contributed by atoms with Crippen LogP contribution in [0.2, 0.25) is 0 Å². The van der Waals surface area contributed by atoms with Crippen LogP contribution in [-0.2, 0) is 12.7 Å². The molecule has 0 saturated carbocycles. The van der Waals surface area contributed by atoms with E-state index in [9.17, 15) is 13.2 Å². The highest BCUT2D eigenvalue weighted by atomic mass is 35.5. The number of halogens is 4. The van der Waals surface area contributed by atoms with Crippen LogP contribution in [0.3, 0.4) is 0 Å². The molecular formula is C14H19ClF3N. The van der Waals surface area contributed by atoms with Gasteiger partial charge in [-0.3, -0.25) is 0 Å². The van der Waals surface area contributed by atoms with Crippen molar-refractivity contribution < 1.29 is 13.2 Å². The van der Waals surface area contributed by atoms with E-state index in [0.717, 1.165) is 19.0 Å². The lowest BCUT2D eigenvalue weighted by Crippen LogP contribution is -2.29. The van der Waals surface area contributed by atoms with Crippen molar-refractivity contribution in [3.63, 3.8) is 0 Å². The Labute approximate surface area is 117 Å². The van der Waals surface area contributed by atoms with Crippen molar-refractivity contribution in [2.75, 3.05) is 12.4 Å². The van der Waals surface area contributed by atoms with Crippen LogP contribution in [0.4, 0.5) is 13.2 Å². The zero-order chi connectivity index (χ0) is 14.5. The molecule has 0 aliphatic heterocycles. The Morgan fingerprint density at radius 1 is 1.21 bits per heavy atom. The highest BCUT2D eigenvalue weighted by Crippen LogP contribution is 2.29. The summed E-state index contributed by atoms with van der Waals surface area (Å²) in [5.74, 6) is 0.582. The van der Waals surface area contributed by atoms with Crippen LogP contribution >= 0.6 is 11.6 Å². The summed E-state index contributed by atoms with van der Waals surface area (Å²) in [7, 11) is 0. The van der Waals surface area contributed by atoms with Crippen LogP contribution in [0.5, 0.6) is 0 Å². The zero-order valence-electron chi connectivity index (χ0n) is 11.1. The average molecular weight is 294 g/mol. The SMILES string of the molecule is CC(C)(CCCl)CNCc1cccc(C(F)(F)F)c1. The maximum atomic E-state index is 12.5. The summed E-state index contributed by atoms with van der Waals surface area (Å²) in [5.41, 5.74) is 0.0759. The van der Waals surface area contributed by atoms with E-state index in [1.165, 1.54) is 12.1 Å². The van der Waals surface area contributed by atoms with E-state index < -0.39 is 11.7 Å². The maximum Gasteiger partial charge on any atom is 0.416 e. The minimum absolute atomic E-state index is 0.0450. The molecule has 5 heteroatoms. The zero-order valence-corrected chi connectivity index (χ0v) is 11.9. The molecule has 0 aliphatic rings. The summed E-state index contributed by atoms with van der Waals surface area (Å²) in [6.45, 7) is 5.30. The lowest BCUT2D eigenvalue weighted by molar-refractivity contribution is -0.137. The molecule has 0 amide bonds. The van der Waals surface area contributed by atoms with Crippen LogP contribution in [-0.4, -0.2) is 12.4 Å². The van der Waals surface area contributed by atoms with E-state index >= 15 is 0 Å². The molecule has 1 N–H and O–H groups in total. The number of alkyl halides is 4. The Morgan fingerprint density at radius 3 is 2.47 bits per heavy atom. The average Bonchev–Trinajstić information content (AvgIpc) is 2.28. The van der Waals surface area contributed by atoms with Gasteiger partial charge in [-0.2, -0.15) is 13.2 Å². The first-order valence-electron chi connectivity index (χ1n) is 6.17. The van der Waals surface area contributed by atoms with Crippen molar-refractivity contribution >= 4 is 11.6 Å². The standard InChI is InChI=1S/C14H19ClF3N/c1-13(2,6-7-15)10-19-9-11-4-3-5-12(8-11)14(16,17)18/h3-5,8,19H,6-7,9-10H2,1-2H3. The van der Waals surface area contributed by atoms with Crippen molar-refractivity contribution in [2.45, 2.75) is 33.0 Å². The lowest BCUT2D eigenvalue weighted by atomic mass is 9.90. The number of rotatable bonds is 6. The molecule has 0 aliphatic carbocycles. The van der Waals surface area contributed by atoms with Gasteiger partial charge < -0.3 is 5.32 Å². The van der Waals surface area contributed by atoms with Gasteiger partial charge >= 0.3 is 6.18 Å². The molecule has 0 aromatic heterocycles. The first-order valence-corrected chi connectivity index (χ1v) is 6.71. The number of hydrogen-bond acceptors (Lipinski definition) is 1. The van der Waals surface area contributed by atoms with Gasteiger partial charge in [0, 0.05) is 19.0 Å². The van der Waals surface area contributed by atoms with E-state index in [1.807, 2.05) is 0 Å². The summed E-state index contributed by atoms with van der Waals surface area (Å²) < 4.78 is 37.6. The summed E-state index contributed by atoms with van der Waals surface area (Å²) >= 11 is 5.70. The molecule has 0 fully saturated rings. The molecule has 0 atom stereocenters. The third kappa shape index (κ3) is 5.83. The van der Waals surface area contributed by atoms with Gasteiger partial charge in [0.1, 0.15) is 0 Å². The van der Waals surface area contributed by atoms with Gasteiger partial charge in [0.2, 0.25) is 0 Å². The van der Waals surface area contributed by atoms with Gasteiger partial charge in [0.25, 0.3) is 0 Å². The quantitative estimate of drug-likeness (QED) is 0.764. The molecule has 1 rings (SSSR count). The number of hydrogen-bond donors (Lipinski definition) is 1. The fourth-order valence-corrected chi connectivity index (χ4v) is 2.26. The molecule has 19 heavy (non-hydrogen) atoms. The molecule has 1 nitrogen and oxygen atoms in total. The second-order valence-corrected chi connectivity index (χ2v) is 5.78. The Bertz CT molecular complexity index is 402. The van der Waals surface area contributed by atoms with E-state index in [4.69, 9.17) is 11.6 Å². The predicted molar refractivity (Wildman–Crippen MR) is 72.3 cm³/mol. The second kappa shape index (κ2) is 6.62. The van der Waals surface area contributed by atoms with E-state index in [1.54, 1.807) is 6.07 Å². The Balaban J connectivity index is 2.55. The van der Waals surface area contributed by atoms with Crippen LogP contribution in [0.1, 0.15) is 31.4 Å². The molecule has 1 aromatic rings. The molecule has 0 unspecified atom stereocenters. The molecule has 0 bridgehead atoms. The van der Waals surface area contributed by atoms with Crippen molar-refractivity contribution in [2.24, 2.45) is 5.41 Å².